The molecule has 24 heteroatoms. The quantitative estimate of drug-likeness (QED) is 0.0272. The van der Waals surface area contributed by atoms with Crippen LogP contribution in [-0.2, 0) is 94.0 Å². The number of aromatic nitrogens is 6. The van der Waals surface area contributed by atoms with E-state index in [0.717, 1.165) is 45.3 Å². The van der Waals surface area contributed by atoms with Crippen LogP contribution in [0.4, 0.5) is 15.8 Å². The Morgan fingerprint density at radius 2 is 0.844 bits per heavy atom. The normalized spacial score (nSPS) is 12.4. The lowest BCUT2D eigenvalue weighted by Gasteiger charge is -2.28. The third-order valence-electron chi connectivity index (χ3n) is 13.4. The summed E-state index contributed by atoms with van der Waals surface area (Å²) in [4.78, 5) is 80.7. The number of alkyl halides is 1. The number of carbonyl (C=O) groups excluding carboxylic acids is 3. The van der Waals surface area contributed by atoms with Crippen molar-refractivity contribution < 1.29 is 65.1 Å². The second-order valence-electron chi connectivity index (χ2n) is 20.7. The zero-order chi connectivity index (χ0) is 65.2. The summed E-state index contributed by atoms with van der Waals surface area (Å²) in [6.07, 6.45) is 3.85. The van der Waals surface area contributed by atoms with E-state index in [0.29, 0.717) is 61.8 Å². The van der Waals surface area contributed by atoms with Crippen molar-refractivity contribution in [3.8, 4) is 0 Å². The molecule has 0 fully saturated rings. The van der Waals surface area contributed by atoms with Crippen molar-refractivity contribution in [3.05, 3.63) is 239 Å². The highest BCUT2D eigenvalue weighted by molar-refractivity contribution is 5.92. The molecule has 8 aromatic rings. The lowest BCUT2D eigenvalue weighted by Crippen LogP contribution is -2.50. The third-order valence-corrected chi connectivity index (χ3v) is 13.4. The Labute approximate surface area is 523 Å². The average molecular weight is 1240 g/mol. The molecular weight excluding hydrogens is 1160 g/mol. The molecule has 23 nitrogen and oxygen atoms in total. The number of nitrogens with zero attached hydrogens (tertiary/aromatic N) is 9. The van der Waals surface area contributed by atoms with E-state index in [1.807, 2.05) is 97.1 Å². The average Bonchev–Trinajstić information content (AvgIpc) is 3.58. The summed E-state index contributed by atoms with van der Waals surface area (Å²) in [5.41, 5.74) is 9.74. The minimum Gasteiger partial charge on any atom is -0.481 e. The number of aliphatic hydroxyl groups is 5. The number of ether oxygens (including phenoxy) is 2. The first-order chi connectivity index (χ1) is 44.0. The van der Waals surface area contributed by atoms with Crippen molar-refractivity contribution in [1.82, 2.24) is 44.6 Å². The fraction of sp³-hybridized carbons (Fsp3) is 0.303. The Morgan fingerprint density at radius 1 is 0.500 bits per heavy atom. The summed E-state index contributed by atoms with van der Waals surface area (Å²) in [6, 6.07) is 44.6. The topological polar surface area (TPSA) is 319 Å². The van der Waals surface area contributed by atoms with Crippen molar-refractivity contribution in [2.24, 2.45) is 0 Å². The molecule has 8 N–H and O–H groups in total. The second-order valence-corrected chi connectivity index (χ2v) is 20.7. The van der Waals surface area contributed by atoms with E-state index in [9.17, 15) is 44.0 Å². The number of carboxylic acids is 1. The van der Waals surface area contributed by atoms with Crippen molar-refractivity contribution in [2.45, 2.75) is 89.7 Å². The zero-order valence-electron chi connectivity index (χ0n) is 50.8. The number of hydrogen-bond acceptors (Lipinski definition) is 19. The number of aliphatic carboxylic acids is 1. The van der Waals surface area contributed by atoms with Crippen molar-refractivity contribution >= 4 is 35.1 Å². The molecule has 6 heterocycles. The number of benzene rings is 2. The van der Waals surface area contributed by atoms with E-state index in [4.69, 9.17) is 21.1 Å². The maximum atomic E-state index is 12.6. The molecule has 0 aliphatic carbocycles. The molecule has 8 rings (SSSR count). The number of rotatable bonds is 32. The molecule has 474 valence electrons. The Balaban J connectivity index is 0.000000286. The van der Waals surface area contributed by atoms with Gasteiger partial charge in [-0.1, -0.05) is 60.7 Å². The van der Waals surface area contributed by atoms with Gasteiger partial charge in [0.1, 0.15) is 37.6 Å². The molecule has 3 amide bonds. The number of hydrogen-bond donors (Lipinski definition) is 8. The van der Waals surface area contributed by atoms with Gasteiger partial charge in [-0.3, -0.25) is 63.3 Å². The third kappa shape index (κ3) is 25.5. The van der Waals surface area contributed by atoms with Gasteiger partial charge >= 0.3 is 5.97 Å². The van der Waals surface area contributed by atoms with Gasteiger partial charge in [-0.25, -0.2) is 0 Å². The minimum absolute atomic E-state index is 0.0161. The van der Waals surface area contributed by atoms with Gasteiger partial charge < -0.3 is 55.6 Å². The van der Waals surface area contributed by atoms with Crippen LogP contribution in [0.15, 0.2) is 183 Å². The van der Waals surface area contributed by atoms with E-state index >= 15 is 0 Å². The van der Waals surface area contributed by atoms with Crippen molar-refractivity contribution in [1.29, 1.82) is 0 Å². The number of pyridine rings is 6. The molecule has 0 aliphatic rings. The van der Waals surface area contributed by atoms with Crippen LogP contribution in [0, 0.1) is 0 Å². The SMILES string of the molecule is CN(C[C@H](O)[C@@H](O)[C@H](O)[C@H](O)CO)C(=O)Cc1ccc(NC(=O)COCc2ccc(CN(Cc3ccccn3)Cc3ccccn3)nc2)cc1.O=C(O)Cc1ccc(NC(=O)COCc2ccc(CN(Cc3ccccn3)Cc3ccccn3)nc2)cc1.[2H]CF. The molecule has 6 aromatic heterocycles. The molecule has 0 radical (unpaired) electrons. The number of halogens is 1. The first kappa shape index (κ1) is 68.3. The number of anilines is 2. The summed E-state index contributed by atoms with van der Waals surface area (Å²) in [7, 11) is 0.426. The molecule has 90 heavy (non-hydrogen) atoms. The zero-order valence-corrected chi connectivity index (χ0v) is 49.8. The Kier molecular flexibility index (Phi) is 29.0. The molecule has 0 saturated heterocycles. The largest absolute Gasteiger partial charge is 0.481 e. The second kappa shape index (κ2) is 38.3. The fourth-order valence-corrected chi connectivity index (χ4v) is 8.81. The van der Waals surface area contributed by atoms with Crippen LogP contribution < -0.4 is 10.6 Å². The number of nitrogens with one attached hydrogen (secondary N) is 2. The van der Waals surface area contributed by atoms with Crippen LogP contribution in [0.3, 0.4) is 0 Å². The standard InChI is InChI=1S/C36H44N6O8.C29H29N5O4.CH3F/c1-41(21-31(44)35(48)36(49)32(45)22-43)34(47)16-25-8-11-27(12-9-25)40-33(46)24-50-23-26-10-13-30(39-17-26)20-42(18-28-6-2-4-14-37-28)19-29-7-3-5-15-38-29;35-28(33-24-10-7-22(8-11-24)15-29(36)37)21-38-20-23-9-12-27(32-16-23)19-34(17-25-5-1-3-13-30-25)18-26-6-2-4-14-31-26;1-2/h2-15,17,31-32,35-36,43-45,48-49H,16,18-24H2,1H3,(H,40,46);1-14,16H,15,17-21H2,(H,33,35)(H,36,37);1H3/t31-,32+,35+,36+;;/m0../s1/i;;1D. The van der Waals surface area contributed by atoms with Crippen LogP contribution in [-0.4, -0.2) is 164 Å². The van der Waals surface area contributed by atoms with Gasteiger partial charge in [0.25, 0.3) is 0 Å². The molecule has 0 unspecified atom stereocenters. The number of aliphatic hydroxyl groups excluding tert-OH is 5. The van der Waals surface area contributed by atoms with E-state index in [2.05, 4.69) is 50.3 Å². The lowest BCUT2D eigenvalue weighted by atomic mass is 10.0. The lowest BCUT2D eigenvalue weighted by molar-refractivity contribution is -0.137. The van der Waals surface area contributed by atoms with Gasteiger partial charge in [0.2, 0.25) is 17.7 Å². The van der Waals surface area contributed by atoms with Gasteiger partial charge in [-0.15, -0.1) is 0 Å². The maximum Gasteiger partial charge on any atom is 0.307 e. The van der Waals surface area contributed by atoms with Gasteiger partial charge in [-0.05, 0) is 107 Å². The smallest absolute Gasteiger partial charge is 0.307 e. The molecular formula is C66H76FN11O12. The van der Waals surface area contributed by atoms with Crippen LogP contribution in [0.2, 0.25) is 0 Å². The summed E-state index contributed by atoms with van der Waals surface area (Å²) in [5.74, 6) is -1.91. The Morgan fingerprint density at radius 3 is 1.17 bits per heavy atom. The predicted molar refractivity (Wildman–Crippen MR) is 332 cm³/mol. The maximum absolute atomic E-state index is 12.6. The monoisotopic (exact) mass is 1230 g/mol. The molecule has 0 spiro atoms. The molecule has 0 aliphatic heterocycles. The minimum atomic E-state index is -1.77. The summed E-state index contributed by atoms with van der Waals surface area (Å²) in [6.45, 7) is 2.91. The van der Waals surface area contributed by atoms with Gasteiger partial charge in [0.05, 0.1) is 75.4 Å². The molecule has 0 saturated carbocycles. The van der Waals surface area contributed by atoms with Crippen LogP contribution in [0.1, 0.15) is 57.8 Å². The molecule has 0 bridgehead atoms. The summed E-state index contributed by atoms with van der Waals surface area (Å²) in [5, 5.41) is 62.6. The number of amides is 3. The Hall–Kier alpha value is -9.21. The predicted octanol–water partition coefficient (Wildman–Crippen LogP) is 5.11. The first-order valence-corrected chi connectivity index (χ1v) is 28.5. The molecule has 2 aromatic carbocycles. The highest BCUT2D eigenvalue weighted by Gasteiger charge is 2.31. The van der Waals surface area contributed by atoms with Crippen LogP contribution >= 0.6 is 0 Å². The van der Waals surface area contributed by atoms with Crippen molar-refractivity contribution in [3.63, 3.8) is 0 Å². The van der Waals surface area contributed by atoms with Crippen LogP contribution in [0.25, 0.3) is 0 Å². The van der Waals surface area contributed by atoms with E-state index in [-0.39, 0.29) is 63.5 Å². The number of likely N-dealkylation sites (N-methyl/N-ethyl adjacent to an activating group) is 1. The van der Waals surface area contributed by atoms with Gasteiger partial charge in [0, 0.05) is 101 Å². The Bertz CT molecular complexity index is 3300. The van der Waals surface area contributed by atoms with Gasteiger partial charge in [-0.2, -0.15) is 0 Å². The summed E-state index contributed by atoms with van der Waals surface area (Å²) >= 11 is 0. The highest BCUT2D eigenvalue weighted by atomic mass is 19.1. The van der Waals surface area contributed by atoms with Gasteiger partial charge in [0.15, 0.2) is 0 Å². The highest BCUT2D eigenvalue weighted by Crippen LogP contribution is 2.17. The van der Waals surface area contributed by atoms with Crippen LogP contribution in [0.5, 0.6) is 0 Å². The van der Waals surface area contributed by atoms with Crippen molar-refractivity contribution in [2.75, 3.05) is 51.2 Å². The fourth-order valence-electron chi connectivity index (χ4n) is 8.81. The van der Waals surface area contributed by atoms with E-state index in [1.165, 1.54) is 11.9 Å². The number of carbonyl (C=O) groups is 4. The van der Waals surface area contributed by atoms with E-state index in [1.54, 1.807) is 85.7 Å². The van der Waals surface area contributed by atoms with E-state index < -0.39 is 44.1 Å². The molecule has 4 atom stereocenters. The first-order valence-electron chi connectivity index (χ1n) is 29.3. The summed E-state index contributed by atoms with van der Waals surface area (Å²) < 4.78 is 26.7. The number of carboxylic acid groups (broad SMARTS) is 1.